The second kappa shape index (κ2) is 8.87. The molecule has 3 heterocycles. The quantitative estimate of drug-likeness (QED) is 0.384. The Morgan fingerprint density at radius 1 is 0.970 bits per heavy atom. The van der Waals surface area contributed by atoms with Crippen molar-refractivity contribution >= 4 is 29.3 Å². The average molecular weight is 456 g/mol. The van der Waals surface area contributed by atoms with E-state index < -0.39 is 0 Å². The van der Waals surface area contributed by atoms with Gasteiger partial charge in [-0.1, -0.05) is 60.3 Å². The van der Waals surface area contributed by atoms with Crippen LogP contribution in [0.1, 0.15) is 11.4 Å². The van der Waals surface area contributed by atoms with Crippen molar-refractivity contribution in [3.8, 4) is 16.9 Å². The van der Waals surface area contributed by atoms with E-state index >= 15 is 0 Å². The van der Waals surface area contributed by atoms with Crippen LogP contribution in [0.15, 0.2) is 78.0 Å². The maximum absolute atomic E-state index is 12.9. The number of amides is 1. The Labute approximate surface area is 194 Å². The molecule has 33 heavy (non-hydrogen) atoms. The number of carbonyl (C=O) groups is 1. The summed E-state index contributed by atoms with van der Waals surface area (Å²) in [5.41, 5.74) is 4.47. The van der Waals surface area contributed by atoms with Crippen molar-refractivity contribution in [1.82, 2.24) is 29.4 Å². The monoisotopic (exact) mass is 455 g/mol. The molecule has 8 nitrogen and oxygen atoms in total. The number of aromatic nitrogens is 6. The number of nitrogens with zero attached hydrogens (tertiary/aromatic N) is 6. The largest absolute Gasteiger partial charge is 0.310 e. The average Bonchev–Trinajstić information content (AvgIpc) is 3.43. The van der Waals surface area contributed by atoms with E-state index in [1.807, 2.05) is 91.0 Å². The summed E-state index contributed by atoms with van der Waals surface area (Å²) < 4.78 is 3.60. The van der Waals surface area contributed by atoms with E-state index in [-0.39, 0.29) is 11.7 Å². The van der Waals surface area contributed by atoms with Crippen molar-refractivity contribution in [3.63, 3.8) is 0 Å². The van der Waals surface area contributed by atoms with Gasteiger partial charge in [0.15, 0.2) is 5.16 Å². The molecule has 0 radical (unpaired) electrons. The smallest absolute Gasteiger partial charge is 0.256 e. The van der Waals surface area contributed by atoms with Gasteiger partial charge >= 0.3 is 0 Å². The second-order valence-electron chi connectivity index (χ2n) is 7.52. The van der Waals surface area contributed by atoms with Gasteiger partial charge in [0.1, 0.15) is 5.82 Å². The minimum atomic E-state index is -0.161. The minimum Gasteiger partial charge on any atom is -0.310 e. The van der Waals surface area contributed by atoms with Crippen molar-refractivity contribution < 1.29 is 4.79 Å². The number of thioether (sulfide) groups is 1. The molecule has 164 valence electrons. The fourth-order valence-electron chi connectivity index (χ4n) is 3.59. The summed E-state index contributed by atoms with van der Waals surface area (Å²) in [4.78, 5) is 17.3. The number of nitrogens with one attached hydrogen (secondary N) is 1. The number of hydrogen-bond acceptors (Lipinski definition) is 6. The zero-order valence-electron chi connectivity index (χ0n) is 18.1. The van der Waals surface area contributed by atoms with Crippen LogP contribution >= 0.6 is 11.8 Å². The maximum Gasteiger partial charge on any atom is 0.256 e. The topological polar surface area (TPSA) is 90.0 Å². The summed E-state index contributed by atoms with van der Waals surface area (Å²) in [5.74, 6) is 1.15. The fraction of sp³-hybridized carbons (Fsp3) is 0.125. The van der Waals surface area contributed by atoms with Crippen molar-refractivity contribution in [2.75, 3.05) is 11.1 Å². The number of hydrogen-bond donors (Lipinski definition) is 1. The molecule has 9 heteroatoms. The molecule has 5 aromatic rings. The molecule has 0 spiro atoms. The van der Waals surface area contributed by atoms with Crippen LogP contribution in [-0.4, -0.2) is 41.0 Å². The molecular formula is C24H21N7OS. The number of para-hydroxylation sites is 1. The van der Waals surface area contributed by atoms with Gasteiger partial charge in [0.05, 0.1) is 17.1 Å². The van der Waals surface area contributed by atoms with Gasteiger partial charge < -0.3 is 5.32 Å². The number of rotatable bonds is 6. The van der Waals surface area contributed by atoms with Gasteiger partial charge in [0.2, 0.25) is 5.91 Å². The first-order valence-corrected chi connectivity index (χ1v) is 11.4. The summed E-state index contributed by atoms with van der Waals surface area (Å²) in [7, 11) is 0. The van der Waals surface area contributed by atoms with Crippen LogP contribution in [0.25, 0.3) is 22.7 Å². The third-order valence-corrected chi connectivity index (χ3v) is 5.97. The van der Waals surface area contributed by atoms with Gasteiger partial charge in [-0.15, -0.1) is 10.2 Å². The minimum absolute atomic E-state index is 0.161. The van der Waals surface area contributed by atoms with Crippen LogP contribution in [0.4, 0.5) is 5.82 Å². The molecule has 0 aliphatic rings. The third-order valence-electron chi connectivity index (χ3n) is 5.04. The standard InChI is InChI=1S/C24H21N7OS/c1-16-13-17(2)30-23(25-16)27-28-24(30)33-15-22(32)26-21-14-20(18-9-5-3-6-10-18)29-31(21)19-11-7-4-8-12-19/h3-14H,15H2,1-2H3,(H,26,32). The van der Waals surface area contributed by atoms with E-state index in [9.17, 15) is 4.79 Å². The molecule has 0 unspecified atom stereocenters. The molecule has 0 atom stereocenters. The molecule has 0 fully saturated rings. The highest BCUT2D eigenvalue weighted by molar-refractivity contribution is 7.99. The van der Waals surface area contributed by atoms with E-state index in [0.717, 1.165) is 28.3 Å². The molecule has 5 rings (SSSR count). The highest BCUT2D eigenvalue weighted by Crippen LogP contribution is 2.25. The first-order valence-electron chi connectivity index (χ1n) is 10.4. The van der Waals surface area contributed by atoms with Crippen molar-refractivity contribution in [3.05, 3.63) is 84.2 Å². The summed E-state index contributed by atoms with van der Waals surface area (Å²) in [6.45, 7) is 3.89. The highest BCUT2D eigenvalue weighted by atomic mass is 32.2. The van der Waals surface area contributed by atoms with Gasteiger partial charge in [0.25, 0.3) is 5.78 Å². The van der Waals surface area contributed by atoms with Crippen LogP contribution in [0.2, 0.25) is 0 Å². The number of carbonyl (C=O) groups excluding carboxylic acids is 1. The Hall–Kier alpha value is -3.98. The fourth-order valence-corrected chi connectivity index (χ4v) is 4.37. The Morgan fingerprint density at radius 2 is 1.70 bits per heavy atom. The van der Waals surface area contributed by atoms with Gasteiger partial charge in [-0.25, -0.2) is 9.67 Å². The van der Waals surface area contributed by atoms with E-state index in [1.54, 1.807) is 4.68 Å². The van der Waals surface area contributed by atoms with Gasteiger partial charge in [0, 0.05) is 23.0 Å². The van der Waals surface area contributed by atoms with Crippen molar-refractivity contribution in [1.29, 1.82) is 0 Å². The van der Waals surface area contributed by atoms with Crippen LogP contribution in [0.5, 0.6) is 0 Å². The number of fused-ring (bicyclic) bond motifs is 1. The maximum atomic E-state index is 12.9. The molecule has 0 saturated carbocycles. The zero-order chi connectivity index (χ0) is 22.8. The predicted octanol–water partition coefficient (Wildman–Crippen LogP) is 4.32. The first-order chi connectivity index (χ1) is 16.1. The first kappa shape index (κ1) is 20.9. The SMILES string of the molecule is Cc1cc(C)n2c(SCC(=O)Nc3cc(-c4ccccc4)nn3-c3ccccc3)nnc2n1. The lowest BCUT2D eigenvalue weighted by atomic mass is 10.2. The molecule has 1 amide bonds. The van der Waals surface area contributed by atoms with Crippen LogP contribution in [0.3, 0.4) is 0 Å². The molecule has 0 saturated heterocycles. The molecular weight excluding hydrogens is 434 g/mol. The molecule has 2 aromatic carbocycles. The normalized spacial score (nSPS) is 11.1. The summed E-state index contributed by atoms with van der Waals surface area (Å²) in [6, 6.07) is 23.5. The van der Waals surface area contributed by atoms with Crippen LogP contribution < -0.4 is 5.32 Å². The molecule has 3 aromatic heterocycles. The van der Waals surface area contributed by atoms with Crippen LogP contribution in [-0.2, 0) is 4.79 Å². The lowest BCUT2D eigenvalue weighted by molar-refractivity contribution is -0.113. The predicted molar refractivity (Wildman–Crippen MR) is 129 cm³/mol. The van der Waals surface area contributed by atoms with Crippen molar-refractivity contribution in [2.24, 2.45) is 0 Å². The number of aryl methyl sites for hydroxylation is 2. The molecule has 0 aliphatic carbocycles. The lowest BCUT2D eigenvalue weighted by Gasteiger charge is -2.08. The van der Waals surface area contributed by atoms with Gasteiger partial charge in [-0.05, 0) is 32.0 Å². The molecule has 0 bridgehead atoms. The summed E-state index contributed by atoms with van der Waals surface area (Å²) in [5, 5.41) is 16.7. The third kappa shape index (κ3) is 4.35. The Morgan fingerprint density at radius 3 is 2.45 bits per heavy atom. The van der Waals surface area contributed by atoms with Gasteiger partial charge in [-0.2, -0.15) is 5.10 Å². The van der Waals surface area contributed by atoms with E-state index in [4.69, 9.17) is 5.10 Å². The highest BCUT2D eigenvalue weighted by Gasteiger charge is 2.16. The summed E-state index contributed by atoms with van der Waals surface area (Å²) in [6.07, 6.45) is 0. The lowest BCUT2D eigenvalue weighted by Crippen LogP contribution is -2.17. The Balaban J connectivity index is 1.38. The number of anilines is 1. The molecule has 1 N–H and O–H groups in total. The van der Waals surface area contributed by atoms with E-state index in [1.165, 1.54) is 11.8 Å². The van der Waals surface area contributed by atoms with Gasteiger partial charge in [-0.3, -0.25) is 9.20 Å². The summed E-state index contributed by atoms with van der Waals surface area (Å²) >= 11 is 1.32. The van der Waals surface area contributed by atoms with Crippen LogP contribution in [0, 0.1) is 13.8 Å². The molecule has 0 aliphatic heterocycles. The Bertz CT molecular complexity index is 1430. The second-order valence-corrected chi connectivity index (χ2v) is 8.46. The Kier molecular flexibility index (Phi) is 5.62. The van der Waals surface area contributed by atoms with E-state index in [0.29, 0.717) is 16.8 Å². The van der Waals surface area contributed by atoms with Crippen molar-refractivity contribution in [2.45, 2.75) is 19.0 Å². The van der Waals surface area contributed by atoms with E-state index in [2.05, 4.69) is 20.5 Å². The number of benzene rings is 2. The zero-order valence-corrected chi connectivity index (χ0v) is 19.0.